The molecule has 0 unspecified atom stereocenters. The highest BCUT2D eigenvalue weighted by Gasteiger charge is 2.35. The van der Waals surface area contributed by atoms with Gasteiger partial charge in [0.2, 0.25) is 0 Å². The van der Waals surface area contributed by atoms with Gasteiger partial charge in [-0.05, 0) is 68.1 Å². The predicted octanol–water partition coefficient (Wildman–Crippen LogP) is 5.00. The molecule has 13 heteroatoms. The minimum Gasteiger partial charge on any atom is -0.486 e. The lowest BCUT2D eigenvalue weighted by atomic mass is 9.99. The molecule has 3 aromatic carbocycles. The van der Waals surface area contributed by atoms with E-state index >= 15 is 0 Å². The molecule has 1 amide bonds. The second kappa shape index (κ2) is 12.9. The van der Waals surface area contributed by atoms with Crippen LogP contribution in [-0.2, 0) is 22.7 Å². The van der Waals surface area contributed by atoms with Gasteiger partial charge in [0.1, 0.15) is 11.9 Å². The first-order valence-electron chi connectivity index (χ1n) is 13.5. The number of carbonyl (C=O) groups is 1. The van der Waals surface area contributed by atoms with Crippen molar-refractivity contribution in [2.75, 3.05) is 31.5 Å². The van der Waals surface area contributed by atoms with E-state index in [-0.39, 0.29) is 47.5 Å². The fourth-order valence-corrected chi connectivity index (χ4v) is 5.90. The maximum Gasteiger partial charge on any atom is 0.416 e. The number of ether oxygens (including phenoxy) is 1. The van der Waals surface area contributed by atoms with Crippen LogP contribution in [0.3, 0.4) is 0 Å². The minimum absolute atomic E-state index is 0.00345. The van der Waals surface area contributed by atoms with E-state index in [0.717, 1.165) is 36.4 Å². The molecule has 2 N–H and O–H groups in total. The number of amides is 1. The molecule has 0 radical (unpaired) electrons. The molecular weight excluding hydrogens is 590 g/mol. The number of alkyl halides is 3. The molecule has 4 rings (SSSR count). The summed E-state index contributed by atoms with van der Waals surface area (Å²) in [5.41, 5.74) is -0.0168. The highest BCUT2D eigenvalue weighted by molar-refractivity contribution is 7.92. The SMILES string of the molecule is C[C@H]1CN([C@@H](C)CO)C(=O)c2cccc(NS(=O)(=O)c3ccc(F)cc3)c2O[C@H]1CN(C)Cc1ccc(C(F)(F)F)cc1. The van der Waals surface area contributed by atoms with Crippen LogP contribution >= 0.6 is 0 Å². The fraction of sp³-hybridized carbons (Fsp3) is 0.367. The summed E-state index contributed by atoms with van der Waals surface area (Å²) in [5.74, 6) is -1.37. The molecular formula is C30H33F4N3O5S. The number of halogens is 4. The van der Waals surface area contributed by atoms with Crippen molar-refractivity contribution >= 4 is 21.6 Å². The van der Waals surface area contributed by atoms with E-state index in [1.807, 2.05) is 11.8 Å². The number of hydrogen-bond acceptors (Lipinski definition) is 6. The monoisotopic (exact) mass is 623 g/mol. The lowest BCUT2D eigenvalue weighted by Gasteiger charge is -2.38. The standard InChI is InChI=1S/C30H33F4N3O5S/c1-19-15-37(20(2)18-38)29(39)25-5-4-6-26(35-43(40,41)24-13-11-23(31)12-14-24)28(25)42-27(19)17-36(3)16-21-7-9-22(10-8-21)30(32,33)34/h4-14,19-20,27,35,38H,15-18H2,1-3H3/t19-,20-,27-/m0/s1. The Morgan fingerprint density at radius 3 is 2.35 bits per heavy atom. The molecule has 0 saturated carbocycles. The average molecular weight is 624 g/mol. The van der Waals surface area contributed by atoms with Gasteiger partial charge in [-0.2, -0.15) is 13.2 Å². The van der Waals surface area contributed by atoms with Crippen molar-refractivity contribution in [3.63, 3.8) is 0 Å². The van der Waals surface area contributed by atoms with Crippen molar-refractivity contribution in [3.05, 3.63) is 89.2 Å². The molecule has 0 fully saturated rings. The largest absolute Gasteiger partial charge is 0.486 e. The predicted molar refractivity (Wildman–Crippen MR) is 153 cm³/mol. The quantitative estimate of drug-likeness (QED) is 0.326. The van der Waals surface area contributed by atoms with E-state index in [2.05, 4.69) is 4.72 Å². The van der Waals surface area contributed by atoms with Gasteiger partial charge in [-0.1, -0.05) is 25.1 Å². The topological polar surface area (TPSA) is 99.2 Å². The van der Waals surface area contributed by atoms with Crippen LogP contribution in [0.4, 0.5) is 23.2 Å². The van der Waals surface area contributed by atoms with Gasteiger partial charge >= 0.3 is 6.18 Å². The Kier molecular flexibility index (Phi) is 9.67. The van der Waals surface area contributed by atoms with E-state index in [1.165, 1.54) is 35.2 Å². The molecule has 0 aromatic heterocycles. The number of aliphatic hydroxyl groups is 1. The molecule has 232 valence electrons. The van der Waals surface area contributed by atoms with Crippen molar-refractivity contribution in [2.24, 2.45) is 5.92 Å². The van der Waals surface area contributed by atoms with Gasteiger partial charge in [-0.25, -0.2) is 12.8 Å². The van der Waals surface area contributed by atoms with Crippen LogP contribution in [0, 0.1) is 11.7 Å². The smallest absolute Gasteiger partial charge is 0.416 e. The van der Waals surface area contributed by atoms with Crippen LogP contribution in [0.15, 0.2) is 71.6 Å². The first-order chi connectivity index (χ1) is 20.2. The molecule has 0 bridgehead atoms. The summed E-state index contributed by atoms with van der Waals surface area (Å²) in [6.07, 6.45) is -5.04. The average Bonchev–Trinajstić information content (AvgIpc) is 2.94. The van der Waals surface area contributed by atoms with Gasteiger partial charge in [0.25, 0.3) is 15.9 Å². The van der Waals surface area contributed by atoms with Gasteiger partial charge in [-0.3, -0.25) is 14.4 Å². The molecule has 1 aliphatic rings. The first kappa shape index (κ1) is 32.2. The van der Waals surface area contributed by atoms with Crippen LogP contribution in [0.5, 0.6) is 5.75 Å². The van der Waals surface area contributed by atoms with Gasteiger partial charge in [0.05, 0.1) is 34.4 Å². The third-order valence-corrected chi connectivity index (χ3v) is 8.67. The van der Waals surface area contributed by atoms with Crippen molar-refractivity contribution in [3.8, 4) is 5.75 Å². The van der Waals surface area contributed by atoms with Crippen LogP contribution in [0.2, 0.25) is 0 Å². The number of sulfonamides is 1. The number of para-hydroxylation sites is 1. The van der Waals surface area contributed by atoms with E-state index in [0.29, 0.717) is 12.1 Å². The van der Waals surface area contributed by atoms with Gasteiger partial charge < -0.3 is 14.7 Å². The number of benzene rings is 3. The zero-order valence-corrected chi connectivity index (χ0v) is 24.6. The summed E-state index contributed by atoms with van der Waals surface area (Å²) in [5, 5.41) is 9.88. The molecule has 8 nitrogen and oxygen atoms in total. The van der Waals surface area contributed by atoms with Crippen LogP contribution in [0.1, 0.15) is 35.3 Å². The Morgan fingerprint density at radius 2 is 1.74 bits per heavy atom. The number of carbonyl (C=O) groups excluding carboxylic acids is 1. The molecule has 1 heterocycles. The van der Waals surface area contributed by atoms with Crippen molar-refractivity contribution in [1.82, 2.24) is 9.80 Å². The number of aliphatic hydroxyl groups excluding tert-OH is 1. The lowest BCUT2D eigenvalue weighted by Crippen LogP contribution is -2.49. The van der Waals surface area contributed by atoms with Gasteiger partial charge in [-0.15, -0.1) is 0 Å². The van der Waals surface area contributed by atoms with Crippen molar-refractivity contribution in [1.29, 1.82) is 0 Å². The molecule has 0 spiro atoms. The van der Waals surface area contributed by atoms with Crippen LogP contribution in [-0.4, -0.2) is 68.1 Å². The third-order valence-electron chi connectivity index (χ3n) is 7.28. The molecule has 43 heavy (non-hydrogen) atoms. The molecule has 0 saturated heterocycles. The Labute approximate surface area is 247 Å². The van der Waals surface area contributed by atoms with Gasteiger partial charge in [0, 0.05) is 25.6 Å². The molecule has 3 aromatic rings. The molecule has 1 aliphatic heterocycles. The third kappa shape index (κ3) is 7.64. The van der Waals surface area contributed by atoms with Crippen LogP contribution in [0.25, 0.3) is 0 Å². The van der Waals surface area contributed by atoms with E-state index in [9.17, 15) is 35.9 Å². The summed E-state index contributed by atoms with van der Waals surface area (Å²) in [6.45, 7) is 4.05. The zero-order valence-electron chi connectivity index (χ0n) is 23.8. The first-order valence-corrected chi connectivity index (χ1v) is 15.0. The Bertz CT molecular complexity index is 1530. The number of rotatable bonds is 9. The van der Waals surface area contributed by atoms with Gasteiger partial charge in [0.15, 0.2) is 5.75 Å². The van der Waals surface area contributed by atoms with Crippen molar-refractivity contribution in [2.45, 2.75) is 43.6 Å². The maximum absolute atomic E-state index is 13.7. The number of anilines is 1. The summed E-state index contributed by atoms with van der Waals surface area (Å²) >= 11 is 0. The Hall–Kier alpha value is -3.68. The summed E-state index contributed by atoms with van der Waals surface area (Å²) in [4.78, 5) is 16.8. The van der Waals surface area contributed by atoms with E-state index in [4.69, 9.17) is 4.74 Å². The number of nitrogens with one attached hydrogen (secondary N) is 1. The summed E-state index contributed by atoms with van der Waals surface area (Å²) in [7, 11) is -2.42. The number of likely N-dealkylation sites (N-methyl/N-ethyl adjacent to an activating group) is 1. The van der Waals surface area contributed by atoms with E-state index in [1.54, 1.807) is 14.0 Å². The Morgan fingerprint density at radius 1 is 1.09 bits per heavy atom. The molecule has 0 aliphatic carbocycles. The highest BCUT2D eigenvalue weighted by atomic mass is 32.2. The fourth-order valence-electron chi connectivity index (χ4n) is 4.84. The van der Waals surface area contributed by atoms with Crippen LogP contribution < -0.4 is 9.46 Å². The summed E-state index contributed by atoms with van der Waals surface area (Å²) in [6, 6.07) is 13.0. The van der Waals surface area contributed by atoms with E-state index < -0.39 is 45.6 Å². The number of fused-ring (bicyclic) bond motifs is 1. The normalized spacial score (nSPS) is 18.4. The minimum atomic E-state index is -4.44. The highest BCUT2D eigenvalue weighted by Crippen LogP contribution is 2.36. The van der Waals surface area contributed by atoms with Crippen molar-refractivity contribution < 1.29 is 40.6 Å². The second-order valence-corrected chi connectivity index (χ2v) is 12.4. The number of nitrogens with zero attached hydrogens (tertiary/aromatic N) is 2. The zero-order chi connectivity index (χ0) is 31.5. The maximum atomic E-state index is 13.7. The lowest BCUT2D eigenvalue weighted by molar-refractivity contribution is -0.137. The number of hydrogen-bond donors (Lipinski definition) is 2. The Balaban J connectivity index is 1.66. The summed E-state index contributed by atoms with van der Waals surface area (Å²) < 4.78 is 87.6. The second-order valence-electron chi connectivity index (χ2n) is 10.8. The molecule has 3 atom stereocenters.